The Labute approximate surface area is 155 Å². The maximum Gasteiger partial charge on any atom is 0.271 e. The molecule has 9 heteroatoms. The molecule has 0 fully saturated rings. The molecule has 0 atom stereocenters. The van der Waals surface area contributed by atoms with Crippen LogP contribution in [0.5, 0.6) is 0 Å². The van der Waals surface area contributed by atoms with E-state index in [-0.39, 0.29) is 16.6 Å². The van der Waals surface area contributed by atoms with E-state index in [9.17, 15) is 14.9 Å². The van der Waals surface area contributed by atoms with E-state index in [1.807, 2.05) is 24.9 Å². The third-order valence-electron chi connectivity index (χ3n) is 3.61. The largest absolute Gasteiger partial charge is 0.375 e. The molecule has 136 valence electrons. The summed E-state index contributed by atoms with van der Waals surface area (Å²) in [6, 6.07) is 9.34. The first kappa shape index (κ1) is 19.3. The number of halogens is 1. The smallest absolute Gasteiger partial charge is 0.271 e. The second-order valence-electron chi connectivity index (χ2n) is 5.49. The molecule has 2 aromatic rings. The summed E-state index contributed by atoms with van der Waals surface area (Å²) in [6.45, 7) is 4.21. The third-order valence-corrected chi connectivity index (χ3v) is 3.92. The first-order valence-corrected chi connectivity index (χ1v) is 8.18. The number of anilines is 2. The second-order valence-corrected chi connectivity index (χ2v) is 5.90. The van der Waals surface area contributed by atoms with Gasteiger partial charge in [0.1, 0.15) is 11.4 Å². The normalized spacial score (nSPS) is 10.8. The van der Waals surface area contributed by atoms with Crippen molar-refractivity contribution < 1.29 is 9.72 Å². The predicted molar refractivity (Wildman–Crippen MR) is 102 cm³/mol. The fourth-order valence-corrected chi connectivity index (χ4v) is 2.33. The fraction of sp³-hybridized carbons (Fsp3) is 0.235. The van der Waals surface area contributed by atoms with Gasteiger partial charge in [0.15, 0.2) is 0 Å². The van der Waals surface area contributed by atoms with Crippen molar-refractivity contribution in [1.29, 1.82) is 0 Å². The minimum absolute atomic E-state index is 0.117. The average Bonchev–Trinajstić information content (AvgIpc) is 2.60. The van der Waals surface area contributed by atoms with Gasteiger partial charge in [-0.05, 0) is 31.2 Å². The van der Waals surface area contributed by atoms with Crippen LogP contribution in [-0.2, 0) is 4.79 Å². The minimum atomic E-state index is -0.536. The highest BCUT2D eigenvalue weighted by Gasteiger charge is 2.10. The van der Waals surface area contributed by atoms with E-state index in [1.54, 1.807) is 12.1 Å². The molecule has 2 aromatic carbocycles. The van der Waals surface area contributed by atoms with Crippen molar-refractivity contribution in [2.24, 2.45) is 10.2 Å². The van der Waals surface area contributed by atoms with E-state index in [2.05, 4.69) is 15.5 Å². The van der Waals surface area contributed by atoms with Crippen molar-refractivity contribution in [2.45, 2.75) is 13.8 Å². The van der Waals surface area contributed by atoms with Crippen LogP contribution in [0.15, 0.2) is 46.6 Å². The Morgan fingerprint density at radius 2 is 1.92 bits per heavy atom. The lowest BCUT2D eigenvalue weighted by Crippen LogP contribution is -2.15. The molecule has 26 heavy (non-hydrogen) atoms. The van der Waals surface area contributed by atoms with E-state index < -0.39 is 4.92 Å². The number of benzene rings is 2. The van der Waals surface area contributed by atoms with Crippen molar-refractivity contribution >= 4 is 45.9 Å². The molecule has 0 saturated carbocycles. The summed E-state index contributed by atoms with van der Waals surface area (Å²) in [5.74, 6) is -0.230. The van der Waals surface area contributed by atoms with E-state index in [0.717, 1.165) is 12.2 Å². The number of non-ortho nitro benzene ring substituents is 1. The van der Waals surface area contributed by atoms with E-state index in [0.29, 0.717) is 17.1 Å². The first-order chi connectivity index (χ1) is 12.3. The Balaban J connectivity index is 2.40. The molecule has 0 aliphatic carbocycles. The molecular formula is C17H18ClN5O3. The molecule has 8 nitrogen and oxygen atoms in total. The van der Waals surface area contributed by atoms with Crippen LogP contribution >= 0.6 is 11.6 Å². The monoisotopic (exact) mass is 375 g/mol. The van der Waals surface area contributed by atoms with Crippen LogP contribution in [-0.4, -0.2) is 24.4 Å². The molecule has 0 aromatic heterocycles. The highest BCUT2D eigenvalue weighted by atomic mass is 35.5. The topological polar surface area (TPSA) is 100 Å². The highest BCUT2D eigenvalue weighted by molar-refractivity contribution is 6.33. The summed E-state index contributed by atoms with van der Waals surface area (Å²) in [4.78, 5) is 23.6. The Morgan fingerprint density at radius 3 is 2.50 bits per heavy atom. The fourth-order valence-electron chi connectivity index (χ4n) is 2.12. The summed E-state index contributed by atoms with van der Waals surface area (Å²) in [5, 5.41) is 21.8. The summed E-state index contributed by atoms with van der Waals surface area (Å²) >= 11 is 6.03. The van der Waals surface area contributed by atoms with E-state index >= 15 is 0 Å². The highest BCUT2D eigenvalue weighted by Crippen LogP contribution is 2.34. The molecule has 0 heterocycles. The van der Waals surface area contributed by atoms with Crippen LogP contribution in [0.3, 0.4) is 0 Å². The van der Waals surface area contributed by atoms with Gasteiger partial charge in [-0.2, -0.15) is 0 Å². The van der Waals surface area contributed by atoms with Crippen molar-refractivity contribution in [1.82, 2.24) is 0 Å². The molecule has 0 spiro atoms. The van der Waals surface area contributed by atoms with Crippen LogP contribution in [0.1, 0.15) is 13.8 Å². The predicted octanol–water partition coefficient (Wildman–Crippen LogP) is 5.08. The lowest BCUT2D eigenvalue weighted by atomic mass is 10.2. The molecule has 0 aliphatic heterocycles. The number of hydrogen-bond acceptors (Lipinski definition) is 6. The second kappa shape index (κ2) is 8.39. The SMILES string of the molecule is CCN(C)c1ccc(NC(C)=O)c(N=Nc2ccc([N+](=O)[O-])cc2Cl)c1. The quantitative estimate of drug-likeness (QED) is 0.432. The first-order valence-electron chi connectivity index (χ1n) is 7.80. The number of nitro groups is 1. The summed E-state index contributed by atoms with van der Waals surface area (Å²) in [7, 11) is 1.93. The van der Waals surface area contributed by atoms with Gasteiger partial charge in [0, 0.05) is 38.3 Å². The number of nitrogens with zero attached hydrogens (tertiary/aromatic N) is 4. The zero-order valence-electron chi connectivity index (χ0n) is 14.6. The number of amides is 1. The molecule has 1 amide bonds. The number of nitro benzene ring substituents is 1. The van der Waals surface area contributed by atoms with Gasteiger partial charge in [0.25, 0.3) is 5.69 Å². The Morgan fingerprint density at radius 1 is 1.23 bits per heavy atom. The van der Waals surface area contributed by atoms with Crippen LogP contribution in [0, 0.1) is 10.1 Å². The van der Waals surface area contributed by atoms with Gasteiger partial charge >= 0.3 is 0 Å². The van der Waals surface area contributed by atoms with Gasteiger partial charge in [-0.25, -0.2) is 0 Å². The number of carbonyl (C=O) groups is 1. The van der Waals surface area contributed by atoms with Gasteiger partial charge in [-0.1, -0.05) is 11.6 Å². The molecule has 0 bridgehead atoms. The van der Waals surface area contributed by atoms with Crippen molar-refractivity contribution in [2.75, 3.05) is 23.8 Å². The van der Waals surface area contributed by atoms with Crippen LogP contribution < -0.4 is 10.2 Å². The maximum absolute atomic E-state index is 11.4. The van der Waals surface area contributed by atoms with Crippen LogP contribution in [0.25, 0.3) is 0 Å². The van der Waals surface area contributed by atoms with Gasteiger partial charge in [0.05, 0.1) is 15.6 Å². The number of carbonyl (C=O) groups excluding carboxylic acids is 1. The van der Waals surface area contributed by atoms with E-state index in [1.165, 1.54) is 25.1 Å². The lowest BCUT2D eigenvalue weighted by molar-refractivity contribution is -0.384. The van der Waals surface area contributed by atoms with Crippen molar-refractivity contribution in [3.05, 3.63) is 51.5 Å². The lowest BCUT2D eigenvalue weighted by Gasteiger charge is -2.18. The van der Waals surface area contributed by atoms with Gasteiger partial charge in [-0.15, -0.1) is 10.2 Å². The maximum atomic E-state index is 11.4. The molecule has 1 N–H and O–H groups in total. The van der Waals surface area contributed by atoms with E-state index in [4.69, 9.17) is 11.6 Å². The Kier molecular flexibility index (Phi) is 6.24. The molecular weight excluding hydrogens is 358 g/mol. The summed E-state index contributed by atoms with van der Waals surface area (Å²) in [5.41, 5.74) is 2.03. The summed E-state index contributed by atoms with van der Waals surface area (Å²) in [6.07, 6.45) is 0. The average molecular weight is 376 g/mol. The molecule has 2 rings (SSSR count). The van der Waals surface area contributed by atoms with Crippen molar-refractivity contribution in [3.63, 3.8) is 0 Å². The zero-order valence-corrected chi connectivity index (χ0v) is 15.3. The van der Waals surface area contributed by atoms with Gasteiger partial charge < -0.3 is 10.2 Å². The van der Waals surface area contributed by atoms with Crippen LogP contribution in [0.4, 0.5) is 28.4 Å². The Hall–Kier alpha value is -3.00. The number of rotatable bonds is 6. The molecule has 0 aliphatic rings. The molecule has 0 unspecified atom stereocenters. The van der Waals surface area contributed by atoms with Crippen LogP contribution in [0.2, 0.25) is 5.02 Å². The Bertz CT molecular complexity index is 869. The standard InChI is InChI=1S/C17H18ClN5O3/c1-4-22(3)12-5-8-16(19-11(2)24)17(10-12)21-20-15-7-6-13(23(25)26)9-14(15)18/h5-10H,4H2,1-3H3,(H,19,24). The van der Waals surface area contributed by atoms with Gasteiger partial charge in [0.2, 0.25) is 5.91 Å². The third kappa shape index (κ3) is 4.76. The zero-order chi connectivity index (χ0) is 19.3. The number of hydrogen-bond donors (Lipinski definition) is 1. The molecule has 0 saturated heterocycles. The minimum Gasteiger partial charge on any atom is -0.375 e. The molecule has 0 radical (unpaired) electrons. The number of azo groups is 1. The number of nitrogens with one attached hydrogen (secondary N) is 1. The van der Waals surface area contributed by atoms with Gasteiger partial charge in [-0.3, -0.25) is 14.9 Å². The summed E-state index contributed by atoms with van der Waals surface area (Å²) < 4.78 is 0. The van der Waals surface area contributed by atoms with Crippen molar-refractivity contribution in [3.8, 4) is 0 Å².